The van der Waals surface area contributed by atoms with Gasteiger partial charge in [-0.1, -0.05) is 120 Å². The smallest absolute Gasteiger partial charge is 0.314 e. The van der Waals surface area contributed by atoms with Crippen molar-refractivity contribution in [2.24, 2.45) is 11.8 Å². The van der Waals surface area contributed by atoms with Crippen molar-refractivity contribution in [3.63, 3.8) is 0 Å². The maximum Gasteiger partial charge on any atom is 0.314 e. The number of unbranched alkanes of at least 4 members (excludes halogenated alkanes) is 4. The molecule has 3 N–H and O–H groups in total. The van der Waals surface area contributed by atoms with E-state index in [1.807, 2.05) is 48.5 Å². The Bertz CT molecular complexity index is 3110. The van der Waals surface area contributed by atoms with Crippen LogP contribution in [0.25, 0.3) is 0 Å². The van der Waals surface area contributed by atoms with E-state index in [9.17, 15) is 28.8 Å². The lowest BCUT2D eigenvalue weighted by atomic mass is 9.68. The highest BCUT2D eigenvalue weighted by molar-refractivity contribution is 5.92. The Hall–Kier alpha value is -7.06. The molecule has 0 radical (unpaired) electrons. The summed E-state index contributed by atoms with van der Waals surface area (Å²) in [4.78, 5) is 71.2. The number of benzene rings is 4. The lowest BCUT2D eigenvalue weighted by molar-refractivity contribution is -0.152. The van der Waals surface area contributed by atoms with Crippen LogP contribution in [0.2, 0.25) is 0 Å². The van der Waals surface area contributed by atoms with Gasteiger partial charge in [0.1, 0.15) is 40.0 Å². The number of nitrogen functional groups attached to an aromatic ring is 1. The summed E-state index contributed by atoms with van der Waals surface area (Å²) in [6, 6.07) is 24.1. The van der Waals surface area contributed by atoms with Gasteiger partial charge in [0.15, 0.2) is 0 Å². The summed E-state index contributed by atoms with van der Waals surface area (Å²) in [6.07, 6.45) is 22.1. The average Bonchev–Trinajstić information content (AvgIpc) is 0.930. The van der Waals surface area contributed by atoms with Crippen LogP contribution >= 0.6 is 0 Å². The second-order valence-electron chi connectivity index (χ2n) is 26.5. The summed E-state index contributed by atoms with van der Waals surface area (Å²) < 4.78 is 29.5. The molecule has 4 unspecified atom stereocenters. The molecule has 0 aromatic heterocycles. The number of ketones is 1. The number of allylic oxidation sites excluding steroid dienone is 4. The first kappa shape index (κ1) is 73.0. The van der Waals surface area contributed by atoms with E-state index < -0.39 is 17.9 Å². The van der Waals surface area contributed by atoms with Crippen LogP contribution in [0, 0.1) is 11.8 Å². The number of esters is 4. The summed E-state index contributed by atoms with van der Waals surface area (Å²) in [7, 11) is 0. The number of hydrogen-bond donors (Lipinski definition) is 2. The Morgan fingerprint density at radius 3 is 1.32 bits per heavy atom. The van der Waals surface area contributed by atoms with Crippen molar-refractivity contribution in [1.82, 2.24) is 4.90 Å². The molecule has 14 heteroatoms. The summed E-state index contributed by atoms with van der Waals surface area (Å²) >= 11 is 0. The molecule has 1 fully saturated rings. The first-order chi connectivity index (χ1) is 43.4. The van der Waals surface area contributed by atoms with Crippen LogP contribution in [0.5, 0.6) is 23.0 Å². The van der Waals surface area contributed by atoms with Gasteiger partial charge in [0.05, 0.1) is 19.3 Å². The lowest BCUT2D eigenvalue weighted by Crippen LogP contribution is -2.45. The molecule has 496 valence electrons. The van der Waals surface area contributed by atoms with Gasteiger partial charge in [-0.05, 0) is 202 Å². The van der Waals surface area contributed by atoms with E-state index in [4.69, 9.17) is 29.8 Å². The molecule has 91 heavy (non-hydrogen) atoms. The van der Waals surface area contributed by atoms with E-state index in [0.29, 0.717) is 42.6 Å². The van der Waals surface area contributed by atoms with Crippen molar-refractivity contribution in [2.45, 2.75) is 247 Å². The molecule has 5 aliphatic rings. The molecule has 0 bridgehead atoms. The molecule has 0 saturated carbocycles. The van der Waals surface area contributed by atoms with Crippen molar-refractivity contribution >= 4 is 41.3 Å². The molecular weight excluding hydrogens is 1140 g/mol. The maximum atomic E-state index is 13.1. The van der Waals surface area contributed by atoms with Crippen molar-refractivity contribution in [1.29, 1.82) is 0 Å². The van der Waals surface area contributed by atoms with Gasteiger partial charge in [0, 0.05) is 66.2 Å². The number of carboxylic acid groups (broad SMARTS) is 1. The monoisotopic (exact) mass is 1250 g/mol. The molecule has 3 aliphatic heterocycles. The summed E-state index contributed by atoms with van der Waals surface area (Å²) in [5, 5.41) is 8.75. The van der Waals surface area contributed by atoms with E-state index in [1.165, 1.54) is 54.7 Å². The molecule has 0 spiro atoms. The number of hydrogen-bond acceptors (Lipinski definition) is 13. The number of Topliss-reactive ketones (excluding diaryl/α,β-unsaturated/α-hetero) is 1. The Morgan fingerprint density at radius 1 is 0.538 bits per heavy atom. The SMILES string of the molecule is CCCCCc1cc(OC(=O)CCCc2ccc(CC(=O)CCC(=O)O)cc2)c2c(c1)OC(C)(C)C1CCC(C)=CC21.CCCCCc1cc(OC(=O)CCCc2ccc(N)cc2)c2c(c1)OC(C)(C)C1CCC(C)=CC21.CCN(CC)CC.O=C1CCC(=O)O1. The number of anilines is 1. The fourth-order valence-corrected chi connectivity index (χ4v) is 13.1. The lowest BCUT2D eigenvalue weighted by Gasteiger charge is -2.46. The third-order valence-electron chi connectivity index (χ3n) is 18.4. The van der Waals surface area contributed by atoms with Gasteiger partial charge in [0.2, 0.25) is 0 Å². The van der Waals surface area contributed by atoms with Gasteiger partial charge < -0.3 is 39.4 Å². The number of nitrogens with two attached hydrogens (primary N) is 1. The number of nitrogens with zero attached hydrogens (tertiary/aromatic N) is 1. The average molecular weight is 1250 g/mol. The Labute approximate surface area is 543 Å². The standard InChI is InChI=1S/C36H46O6.C31H41NO3.C6H15N.C4H4O3/c1-5-6-7-9-27-22-31(35-29-20-24(2)12-18-30(29)36(3,4)42-32(35)23-27)41-34(40)11-8-10-25-13-15-26(16-14-25)21-28(37)17-19-33(38)39;1-5-6-7-9-23-19-27(34-29(33)11-8-10-22-13-15-24(32)16-14-22)30-25-18-21(2)12-17-26(25)31(3,4)35-28(30)20-23;1-4-7(5-2)6-3;5-3-1-2-4(6)7-3/h13-16,20,22-23,29-30H,5-12,17-19,21H2,1-4H3,(H,38,39);13-16,18-20,25-26H,5-12,17,32H2,1-4H3;4-6H2,1-3H3;1-2H2. The largest absolute Gasteiger partial charge is 0.487 e. The molecule has 4 aromatic carbocycles. The van der Waals surface area contributed by atoms with Crippen molar-refractivity contribution in [3.05, 3.63) is 135 Å². The van der Waals surface area contributed by atoms with Crippen LogP contribution in [-0.4, -0.2) is 76.5 Å². The van der Waals surface area contributed by atoms with Crippen molar-refractivity contribution in [3.8, 4) is 23.0 Å². The van der Waals surface area contributed by atoms with Gasteiger partial charge >= 0.3 is 29.8 Å². The molecule has 3 heterocycles. The minimum absolute atomic E-state index is 0.0469. The summed E-state index contributed by atoms with van der Waals surface area (Å²) in [6.45, 7) is 27.7. The van der Waals surface area contributed by atoms with Crippen LogP contribution in [-0.2, 0) is 65.6 Å². The number of rotatable bonds is 26. The Kier molecular flexibility index (Phi) is 28.6. The zero-order chi connectivity index (χ0) is 66.3. The van der Waals surface area contributed by atoms with Gasteiger partial charge in [0.25, 0.3) is 0 Å². The van der Waals surface area contributed by atoms with Crippen LogP contribution in [0.1, 0.15) is 243 Å². The number of carbonyl (C=O) groups is 6. The highest BCUT2D eigenvalue weighted by atomic mass is 16.6. The Morgan fingerprint density at radius 2 is 0.945 bits per heavy atom. The number of fused-ring (bicyclic) bond motifs is 6. The van der Waals surface area contributed by atoms with Crippen molar-refractivity contribution < 1.29 is 57.6 Å². The number of ether oxygens (including phenoxy) is 5. The molecule has 1 saturated heterocycles. The van der Waals surface area contributed by atoms with E-state index in [1.54, 1.807) is 0 Å². The second kappa shape index (κ2) is 35.7. The minimum atomic E-state index is -0.959. The second-order valence-corrected chi connectivity index (χ2v) is 26.5. The van der Waals surface area contributed by atoms with Gasteiger partial charge in [-0.25, -0.2) is 0 Å². The topological polar surface area (TPSA) is 198 Å². The molecule has 4 aromatic rings. The number of cyclic esters (lactones) is 2. The number of carboxylic acids is 1. The number of aliphatic carboxylic acids is 1. The van der Waals surface area contributed by atoms with E-state index in [0.717, 1.165) is 128 Å². The molecule has 14 nitrogen and oxygen atoms in total. The van der Waals surface area contributed by atoms with Gasteiger partial charge in [-0.2, -0.15) is 0 Å². The zero-order valence-electron chi connectivity index (χ0n) is 56.7. The number of carbonyl (C=O) groups excluding carboxylic acids is 5. The molecule has 9 rings (SSSR count). The molecule has 0 amide bonds. The first-order valence-electron chi connectivity index (χ1n) is 34.0. The highest BCUT2D eigenvalue weighted by Gasteiger charge is 2.47. The molecular formula is C77H106N2O12. The summed E-state index contributed by atoms with van der Waals surface area (Å²) in [5.74, 6) is 1.92. The number of aryl methyl sites for hydroxylation is 4. The molecule has 4 atom stereocenters. The zero-order valence-corrected chi connectivity index (χ0v) is 56.7. The normalized spacial score (nSPS) is 18.8. The van der Waals surface area contributed by atoms with Crippen molar-refractivity contribution in [2.75, 3.05) is 25.4 Å². The fraction of sp³-hybridized carbons (Fsp3) is 0.558. The van der Waals surface area contributed by atoms with E-state index in [-0.39, 0.29) is 72.9 Å². The van der Waals surface area contributed by atoms with Gasteiger partial charge in [-0.15, -0.1) is 0 Å². The predicted octanol–water partition coefficient (Wildman–Crippen LogP) is 16.7. The maximum absolute atomic E-state index is 13.1. The predicted molar refractivity (Wildman–Crippen MR) is 361 cm³/mol. The third-order valence-corrected chi connectivity index (χ3v) is 18.4. The quantitative estimate of drug-likeness (QED) is 0.0150. The van der Waals surface area contributed by atoms with Gasteiger partial charge in [-0.3, -0.25) is 28.8 Å². The third kappa shape index (κ3) is 22.6. The minimum Gasteiger partial charge on any atom is -0.487 e. The highest BCUT2D eigenvalue weighted by Crippen LogP contribution is 2.55. The molecule has 2 aliphatic carbocycles. The van der Waals surface area contributed by atoms with E-state index >= 15 is 0 Å². The van der Waals surface area contributed by atoms with Crippen LogP contribution in [0.15, 0.2) is 96.1 Å². The Balaban J connectivity index is 0.000000240. The fourth-order valence-electron chi connectivity index (χ4n) is 13.1. The first-order valence-corrected chi connectivity index (χ1v) is 34.0. The van der Waals surface area contributed by atoms with Crippen LogP contribution in [0.3, 0.4) is 0 Å². The summed E-state index contributed by atoms with van der Waals surface area (Å²) in [5.41, 5.74) is 16.3. The van der Waals surface area contributed by atoms with Crippen LogP contribution in [0.4, 0.5) is 5.69 Å². The van der Waals surface area contributed by atoms with Crippen LogP contribution < -0.4 is 24.7 Å². The van der Waals surface area contributed by atoms with E-state index in [2.05, 4.69) is 122 Å².